The molecule has 0 spiro atoms. The normalized spacial score (nSPS) is 16.0. The molecule has 2 N–H and O–H groups in total. The highest BCUT2D eigenvalue weighted by Gasteiger charge is 2.55. The molecule has 8 nitrogen and oxygen atoms in total. The highest BCUT2D eigenvalue weighted by Crippen LogP contribution is 2.27. The molecule has 0 saturated carbocycles. The second-order valence-electron chi connectivity index (χ2n) is 4.57. The van der Waals surface area contributed by atoms with Gasteiger partial charge in [-0.15, -0.1) is 0 Å². The van der Waals surface area contributed by atoms with Crippen molar-refractivity contribution < 1.29 is 48.3 Å². The van der Waals surface area contributed by atoms with E-state index in [-0.39, 0.29) is 6.61 Å². The lowest BCUT2D eigenvalue weighted by Gasteiger charge is -2.16. The van der Waals surface area contributed by atoms with Crippen molar-refractivity contribution in [2.24, 2.45) is 0 Å². The van der Waals surface area contributed by atoms with Crippen molar-refractivity contribution in [1.82, 2.24) is 13.9 Å². The molecule has 0 unspecified atom stereocenters. The van der Waals surface area contributed by atoms with Crippen LogP contribution in [0.25, 0.3) is 0 Å². The minimum Gasteiger partial charge on any atom is -0.396 e. The van der Waals surface area contributed by atoms with Gasteiger partial charge in [-0.2, -0.15) is 26.3 Å². The number of halogens is 6. The van der Waals surface area contributed by atoms with Crippen LogP contribution in [0.15, 0.2) is 12.4 Å². The zero-order valence-corrected chi connectivity index (χ0v) is 14.2. The lowest BCUT2D eigenvalue weighted by Crippen LogP contribution is -2.45. The van der Waals surface area contributed by atoms with Crippen LogP contribution in [0.2, 0.25) is 0 Å². The molecule has 0 aromatic carbocycles. The summed E-state index contributed by atoms with van der Waals surface area (Å²) >= 11 is 0. The number of nitrogens with one attached hydrogen (secondary N) is 1. The van der Waals surface area contributed by atoms with Crippen LogP contribution in [0.5, 0.6) is 0 Å². The average molecular weight is 423 g/mol. The molecule has 1 aliphatic heterocycles. The summed E-state index contributed by atoms with van der Waals surface area (Å²) < 4.78 is 108. The van der Waals surface area contributed by atoms with Crippen LogP contribution < -0.4 is 4.13 Å². The first-order valence-corrected chi connectivity index (χ1v) is 9.15. The van der Waals surface area contributed by atoms with E-state index in [0.29, 0.717) is 0 Å². The van der Waals surface area contributed by atoms with E-state index in [0.717, 1.165) is 19.6 Å². The maximum atomic E-state index is 11.5. The molecule has 1 rings (SSSR count). The van der Waals surface area contributed by atoms with Crippen molar-refractivity contribution in [3.05, 3.63) is 12.4 Å². The topological polar surface area (TPSA) is 107 Å². The molecule has 1 heterocycles. The maximum Gasteiger partial charge on any atom is 0.512 e. The molecule has 0 atom stereocenters. The van der Waals surface area contributed by atoms with Crippen molar-refractivity contribution in [1.29, 1.82) is 0 Å². The van der Waals surface area contributed by atoms with E-state index in [4.69, 9.17) is 5.11 Å². The highest BCUT2D eigenvalue weighted by molar-refractivity contribution is 8.05. The van der Waals surface area contributed by atoms with E-state index in [2.05, 4.69) is 16.0 Å². The number of aliphatic hydroxyl groups excluding tert-OH is 1. The summed E-state index contributed by atoms with van der Waals surface area (Å²) in [7, 11) is -11.2. The quantitative estimate of drug-likeness (QED) is 0.614. The van der Waals surface area contributed by atoms with E-state index < -0.39 is 35.2 Å². The molecule has 0 amide bonds. The van der Waals surface area contributed by atoms with E-state index >= 15 is 0 Å². The van der Waals surface area contributed by atoms with E-state index in [1.807, 2.05) is 13.2 Å². The van der Waals surface area contributed by atoms with Gasteiger partial charge in [-0.3, -0.25) is 0 Å². The molecular formula is C9H15F6N3O5S2. The van der Waals surface area contributed by atoms with Gasteiger partial charge >= 0.3 is 31.1 Å². The van der Waals surface area contributed by atoms with Gasteiger partial charge in [-0.05, 0) is 6.42 Å². The van der Waals surface area contributed by atoms with Gasteiger partial charge in [-0.1, -0.05) is 4.13 Å². The third kappa shape index (κ3) is 7.66. The number of sulfonamides is 2. The molecule has 0 radical (unpaired) electrons. The monoisotopic (exact) mass is 423 g/mol. The van der Waals surface area contributed by atoms with Crippen LogP contribution >= 0.6 is 0 Å². The van der Waals surface area contributed by atoms with Gasteiger partial charge < -0.3 is 14.9 Å². The summed E-state index contributed by atoms with van der Waals surface area (Å²) in [6.07, 6.45) is 4.95. The fourth-order valence-corrected chi connectivity index (χ4v) is 3.16. The molecule has 1 aliphatic rings. The van der Waals surface area contributed by atoms with Crippen LogP contribution in [0.3, 0.4) is 0 Å². The Labute approximate surface area is 139 Å². The van der Waals surface area contributed by atoms with Crippen molar-refractivity contribution in [3.63, 3.8) is 0 Å². The Balaban J connectivity index is 0.000000496. The largest absolute Gasteiger partial charge is 0.512 e. The van der Waals surface area contributed by atoms with Crippen molar-refractivity contribution in [2.75, 3.05) is 26.9 Å². The van der Waals surface area contributed by atoms with Gasteiger partial charge in [0.25, 0.3) is 0 Å². The smallest absolute Gasteiger partial charge is 0.396 e. The van der Waals surface area contributed by atoms with Gasteiger partial charge in [0.2, 0.25) is 0 Å². The first-order chi connectivity index (χ1) is 11.0. The van der Waals surface area contributed by atoms with Crippen molar-refractivity contribution in [2.45, 2.75) is 17.4 Å². The standard InChI is InChI=1S/C7H14N2O.C2HF6NO4S2/c1-8-4-5-9(7-8)3-2-6-10;3-1(4,5)14(10,11)9-15(12,13)2(6,7)8/h4-5,10H,2-3,6-7H2,1H3;9H. The average Bonchev–Trinajstić information content (AvgIpc) is 2.79. The minimum absolute atomic E-state index is 0.286. The minimum atomic E-state index is -6.60. The number of nitrogens with zero attached hydrogens (tertiary/aromatic N) is 2. The number of hydrogen-bond acceptors (Lipinski definition) is 7. The van der Waals surface area contributed by atoms with E-state index in [1.165, 1.54) is 0 Å². The summed E-state index contributed by atoms with van der Waals surface area (Å²) in [6, 6.07) is 0. The maximum absolute atomic E-state index is 11.5. The van der Waals surface area contributed by atoms with E-state index in [9.17, 15) is 43.2 Å². The van der Waals surface area contributed by atoms with Crippen LogP contribution in [-0.4, -0.2) is 69.6 Å². The van der Waals surface area contributed by atoms with Gasteiger partial charge in [0, 0.05) is 32.6 Å². The second-order valence-corrected chi connectivity index (χ2v) is 8.17. The molecule has 0 aliphatic carbocycles. The summed E-state index contributed by atoms with van der Waals surface area (Å²) in [4.78, 5) is 4.29. The van der Waals surface area contributed by atoms with Gasteiger partial charge in [-0.25, -0.2) is 16.8 Å². The van der Waals surface area contributed by atoms with E-state index in [1.54, 1.807) is 0 Å². The molecular weight excluding hydrogens is 408 g/mol. The Hall–Kier alpha value is -1.26. The van der Waals surface area contributed by atoms with Crippen LogP contribution in [0.4, 0.5) is 26.3 Å². The number of alkyl halides is 6. The zero-order chi connectivity index (χ0) is 20.1. The Bertz CT molecular complexity index is 616. The van der Waals surface area contributed by atoms with Crippen molar-refractivity contribution >= 4 is 20.0 Å². The predicted molar refractivity (Wildman–Crippen MR) is 73.3 cm³/mol. The van der Waals surface area contributed by atoms with Gasteiger partial charge in [0.15, 0.2) is 0 Å². The zero-order valence-electron chi connectivity index (χ0n) is 12.5. The number of hydrogen-bond donors (Lipinski definition) is 2. The molecule has 0 fully saturated rings. The first-order valence-electron chi connectivity index (χ1n) is 6.18. The molecule has 0 bridgehead atoms. The summed E-state index contributed by atoms with van der Waals surface area (Å²) in [5.74, 6) is 0. The van der Waals surface area contributed by atoms with Gasteiger partial charge in [0.05, 0.1) is 6.67 Å². The Morgan fingerprint density at radius 3 is 1.72 bits per heavy atom. The van der Waals surface area contributed by atoms with Crippen LogP contribution in [-0.2, 0) is 20.0 Å². The second kappa shape index (κ2) is 8.41. The fraction of sp³-hybridized carbons (Fsp3) is 0.778. The van der Waals surface area contributed by atoms with Gasteiger partial charge in [0.1, 0.15) is 0 Å². The lowest BCUT2D eigenvalue weighted by atomic mass is 10.4. The molecule has 0 aromatic heterocycles. The number of aliphatic hydroxyl groups is 1. The molecule has 25 heavy (non-hydrogen) atoms. The number of rotatable bonds is 5. The summed E-state index contributed by atoms with van der Waals surface area (Å²) in [5.41, 5.74) is -12.3. The van der Waals surface area contributed by atoms with Crippen LogP contribution in [0.1, 0.15) is 6.42 Å². The third-order valence-corrected chi connectivity index (χ3v) is 5.34. The molecule has 16 heteroatoms. The highest BCUT2D eigenvalue weighted by atomic mass is 32.3. The summed E-state index contributed by atoms with van der Waals surface area (Å²) in [5, 5.41) is 8.53. The third-order valence-electron chi connectivity index (χ3n) is 2.37. The Morgan fingerprint density at radius 1 is 1.00 bits per heavy atom. The van der Waals surface area contributed by atoms with Crippen molar-refractivity contribution in [3.8, 4) is 0 Å². The Morgan fingerprint density at radius 2 is 1.44 bits per heavy atom. The summed E-state index contributed by atoms with van der Waals surface area (Å²) in [6.45, 7) is 2.20. The SMILES string of the molecule is CN1C=CN(CCCO)C1.O=S(=O)(NS(=O)(=O)C(F)(F)F)C(F)(F)F. The lowest BCUT2D eigenvalue weighted by molar-refractivity contribution is -0.0476. The van der Waals surface area contributed by atoms with Crippen LogP contribution in [0, 0.1) is 0 Å². The fourth-order valence-electron chi connectivity index (χ4n) is 1.25. The molecule has 0 aromatic rings. The first kappa shape index (κ1) is 23.7. The Kier molecular flexibility index (Phi) is 7.99. The molecule has 150 valence electrons. The molecule has 0 saturated heterocycles. The predicted octanol–water partition coefficient (Wildman–Crippen LogP) is 0.320.